The summed E-state index contributed by atoms with van der Waals surface area (Å²) in [6.45, 7) is 4.63. The first-order valence-electron chi connectivity index (χ1n) is 10.2. The molecular weight excluding hydrogens is 400 g/mol. The van der Waals surface area contributed by atoms with Gasteiger partial charge in [-0.2, -0.15) is 20.1 Å². The van der Waals surface area contributed by atoms with E-state index in [0.717, 1.165) is 39.0 Å². The Kier molecular flexibility index (Phi) is 6.62. The maximum absolute atomic E-state index is 10.9. The van der Waals surface area contributed by atoms with E-state index in [2.05, 4.69) is 35.3 Å². The molecule has 11 nitrogen and oxygen atoms in total. The lowest BCUT2D eigenvalue weighted by Crippen LogP contribution is -2.38. The van der Waals surface area contributed by atoms with Crippen LogP contribution in [0.3, 0.4) is 0 Å². The summed E-state index contributed by atoms with van der Waals surface area (Å²) in [5, 5.41) is 15.0. The molecule has 0 bridgehead atoms. The molecule has 2 saturated heterocycles. The number of morpholine rings is 1. The smallest absolute Gasteiger partial charge is 0.270 e. The Balaban J connectivity index is 1.45. The van der Waals surface area contributed by atoms with Gasteiger partial charge < -0.3 is 14.5 Å². The van der Waals surface area contributed by atoms with E-state index in [0.29, 0.717) is 36.6 Å². The van der Waals surface area contributed by atoms with Gasteiger partial charge in [0.25, 0.3) is 5.69 Å². The Bertz CT molecular complexity index is 969. The van der Waals surface area contributed by atoms with Crippen LogP contribution in [0.25, 0.3) is 6.08 Å². The van der Waals surface area contributed by atoms with Crippen molar-refractivity contribution in [1.82, 2.24) is 15.0 Å². The molecule has 3 heterocycles. The number of aromatic nitrogens is 3. The summed E-state index contributed by atoms with van der Waals surface area (Å²) in [7, 11) is 0. The quantitative estimate of drug-likeness (QED) is 0.405. The molecule has 0 aliphatic carbocycles. The highest BCUT2D eigenvalue weighted by atomic mass is 16.6. The average Bonchev–Trinajstić information content (AvgIpc) is 3.35. The highest BCUT2D eigenvalue weighted by molar-refractivity contribution is 5.79. The fraction of sp³-hybridized carbons (Fsp3) is 0.400. The summed E-state index contributed by atoms with van der Waals surface area (Å²) in [4.78, 5) is 28.4. The van der Waals surface area contributed by atoms with Gasteiger partial charge in [-0.05, 0) is 24.5 Å². The van der Waals surface area contributed by atoms with Crippen LogP contribution in [0.1, 0.15) is 18.4 Å². The third-order valence-corrected chi connectivity index (χ3v) is 4.99. The van der Waals surface area contributed by atoms with Crippen LogP contribution in [0.5, 0.6) is 0 Å². The summed E-state index contributed by atoms with van der Waals surface area (Å²) >= 11 is 0. The monoisotopic (exact) mass is 424 g/mol. The van der Waals surface area contributed by atoms with Crippen molar-refractivity contribution in [2.75, 3.05) is 54.6 Å². The second kappa shape index (κ2) is 9.94. The van der Waals surface area contributed by atoms with Crippen LogP contribution in [0, 0.1) is 10.1 Å². The number of anilines is 3. The van der Waals surface area contributed by atoms with Crippen molar-refractivity contribution in [3.05, 3.63) is 46.0 Å². The zero-order valence-corrected chi connectivity index (χ0v) is 17.1. The predicted molar refractivity (Wildman–Crippen MR) is 119 cm³/mol. The Morgan fingerprint density at radius 2 is 1.77 bits per heavy atom. The van der Waals surface area contributed by atoms with E-state index in [9.17, 15) is 10.1 Å². The first-order valence-corrected chi connectivity index (χ1v) is 10.2. The highest BCUT2D eigenvalue weighted by Crippen LogP contribution is 2.21. The maximum Gasteiger partial charge on any atom is 0.270 e. The molecule has 1 aromatic carbocycles. The molecular formula is C20H24N8O3. The molecule has 2 fully saturated rings. The molecule has 162 valence electrons. The predicted octanol–water partition coefficient (Wildman–Crippen LogP) is 2.33. The molecule has 31 heavy (non-hydrogen) atoms. The molecule has 0 spiro atoms. The molecule has 2 aliphatic rings. The van der Waals surface area contributed by atoms with Crippen molar-refractivity contribution >= 4 is 35.8 Å². The SMILES string of the molecule is O=[N+]([O-])c1cccc(C=CC=NNc2nc(N3CCCC3)nc(N3CCOCC3)n2)c1. The van der Waals surface area contributed by atoms with Gasteiger partial charge in [0.2, 0.25) is 17.8 Å². The van der Waals surface area contributed by atoms with Crippen molar-refractivity contribution in [1.29, 1.82) is 0 Å². The van der Waals surface area contributed by atoms with Gasteiger partial charge in [-0.25, -0.2) is 5.43 Å². The molecule has 0 radical (unpaired) electrons. The Morgan fingerprint density at radius 1 is 1.06 bits per heavy atom. The number of nitro groups is 1. The minimum Gasteiger partial charge on any atom is -0.378 e. The lowest BCUT2D eigenvalue weighted by atomic mass is 10.2. The van der Waals surface area contributed by atoms with Crippen LogP contribution >= 0.6 is 0 Å². The van der Waals surface area contributed by atoms with Crippen molar-refractivity contribution in [2.45, 2.75) is 12.8 Å². The third-order valence-electron chi connectivity index (χ3n) is 4.99. The molecule has 0 unspecified atom stereocenters. The summed E-state index contributed by atoms with van der Waals surface area (Å²) in [6, 6.07) is 6.39. The molecule has 0 amide bonds. The first kappa shape index (κ1) is 20.7. The van der Waals surface area contributed by atoms with E-state index in [1.54, 1.807) is 30.5 Å². The number of allylic oxidation sites excluding steroid dienone is 1. The largest absolute Gasteiger partial charge is 0.378 e. The van der Waals surface area contributed by atoms with Gasteiger partial charge in [0.1, 0.15) is 0 Å². The normalized spacial score (nSPS) is 17.0. The first-order chi connectivity index (χ1) is 15.2. The van der Waals surface area contributed by atoms with E-state index >= 15 is 0 Å². The van der Waals surface area contributed by atoms with Gasteiger partial charge in [-0.15, -0.1) is 0 Å². The van der Waals surface area contributed by atoms with Crippen LogP contribution in [-0.4, -0.2) is 65.5 Å². The second-order valence-corrected chi connectivity index (χ2v) is 7.15. The average molecular weight is 424 g/mol. The van der Waals surface area contributed by atoms with Crippen LogP contribution in [0.4, 0.5) is 23.5 Å². The van der Waals surface area contributed by atoms with Gasteiger partial charge in [0.15, 0.2) is 0 Å². The van der Waals surface area contributed by atoms with E-state index in [1.165, 1.54) is 12.1 Å². The van der Waals surface area contributed by atoms with Gasteiger partial charge in [0, 0.05) is 44.5 Å². The number of nitrogens with one attached hydrogen (secondary N) is 1. The standard InChI is InChI=1S/C20H24N8O3/c29-28(30)17-7-3-5-16(15-17)6-4-8-21-25-18-22-19(26-9-1-2-10-26)24-20(23-18)27-11-13-31-14-12-27/h3-8,15H,1-2,9-14H2,(H,22,23,24,25). The van der Waals surface area contributed by atoms with E-state index in [-0.39, 0.29) is 5.69 Å². The minimum atomic E-state index is -0.419. The summed E-state index contributed by atoms with van der Waals surface area (Å²) in [5.41, 5.74) is 3.63. The fourth-order valence-electron chi connectivity index (χ4n) is 3.40. The Hall–Kier alpha value is -3.60. The Labute approximate surface area is 179 Å². The molecule has 2 aliphatic heterocycles. The zero-order valence-electron chi connectivity index (χ0n) is 17.1. The number of hydrogen-bond acceptors (Lipinski definition) is 10. The number of nitro benzene ring substituents is 1. The number of hydrazone groups is 1. The van der Waals surface area contributed by atoms with Gasteiger partial charge in [-0.3, -0.25) is 10.1 Å². The molecule has 4 rings (SSSR count). The lowest BCUT2D eigenvalue weighted by molar-refractivity contribution is -0.384. The second-order valence-electron chi connectivity index (χ2n) is 7.15. The molecule has 0 saturated carbocycles. The van der Waals surface area contributed by atoms with Crippen LogP contribution in [-0.2, 0) is 4.74 Å². The van der Waals surface area contributed by atoms with Crippen LogP contribution in [0.15, 0.2) is 35.4 Å². The number of rotatable bonds is 7. The van der Waals surface area contributed by atoms with Crippen molar-refractivity contribution < 1.29 is 9.66 Å². The number of ether oxygens (including phenoxy) is 1. The molecule has 11 heteroatoms. The molecule has 1 aromatic heterocycles. The lowest BCUT2D eigenvalue weighted by Gasteiger charge is -2.27. The number of hydrogen-bond donors (Lipinski definition) is 1. The van der Waals surface area contributed by atoms with Crippen molar-refractivity contribution in [3.8, 4) is 0 Å². The van der Waals surface area contributed by atoms with Crippen LogP contribution in [0.2, 0.25) is 0 Å². The van der Waals surface area contributed by atoms with Gasteiger partial charge in [-0.1, -0.05) is 18.2 Å². The molecule has 2 aromatic rings. The molecule has 1 N–H and O–H groups in total. The number of nitrogens with zero attached hydrogens (tertiary/aromatic N) is 7. The Morgan fingerprint density at radius 3 is 2.48 bits per heavy atom. The van der Waals surface area contributed by atoms with E-state index in [1.807, 2.05) is 0 Å². The summed E-state index contributed by atoms with van der Waals surface area (Å²) < 4.78 is 5.42. The topological polar surface area (TPSA) is 122 Å². The van der Waals surface area contributed by atoms with Gasteiger partial charge >= 0.3 is 0 Å². The van der Waals surface area contributed by atoms with Gasteiger partial charge in [0.05, 0.1) is 18.1 Å². The third kappa shape index (κ3) is 5.51. The van der Waals surface area contributed by atoms with Crippen LogP contribution < -0.4 is 15.2 Å². The summed E-state index contributed by atoms with van der Waals surface area (Å²) in [6.07, 6.45) is 7.23. The maximum atomic E-state index is 10.9. The van der Waals surface area contributed by atoms with E-state index < -0.39 is 4.92 Å². The summed E-state index contributed by atoms with van der Waals surface area (Å²) in [5.74, 6) is 1.64. The number of benzene rings is 1. The number of non-ortho nitro benzene ring substituents is 1. The van der Waals surface area contributed by atoms with E-state index in [4.69, 9.17) is 4.74 Å². The minimum absolute atomic E-state index is 0.0486. The van der Waals surface area contributed by atoms with Crippen molar-refractivity contribution in [3.63, 3.8) is 0 Å². The highest BCUT2D eigenvalue weighted by Gasteiger charge is 2.21. The van der Waals surface area contributed by atoms with Crippen molar-refractivity contribution in [2.24, 2.45) is 5.10 Å². The fourth-order valence-corrected chi connectivity index (χ4v) is 3.40. The molecule has 0 atom stereocenters. The zero-order chi connectivity index (χ0) is 21.5.